The highest BCUT2D eigenvalue weighted by Crippen LogP contribution is 2.19. The van der Waals surface area contributed by atoms with Crippen LogP contribution in [0.3, 0.4) is 0 Å². The molecule has 1 heterocycles. The molecule has 1 amide bonds. The number of hydrogen-bond acceptors (Lipinski definition) is 6. The first kappa shape index (κ1) is 22.1. The van der Waals surface area contributed by atoms with Crippen LogP contribution in [-0.2, 0) is 21.2 Å². The Morgan fingerprint density at radius 2 is 1.63 bits per heavy atom. The van der Waals surface area contributed by atoms with Crippen molar-refractivity contribution in [2.45, 2.75) is 17.7 Å². The fraction of sp³-hybridized carbons (Fsp3) is 0.381. The van der Waals surface area contributed by atoms with E-state index in [1.807, 2.05) is 12.1 Å². The molecule has 4 N–H and O–H groups in total. The number of carbonyl (C=O) groups is 1. The number of rotatable bonds is 8. The van der Waals surface area contributed by atoms with Crippen molar-refractivity contribution in [3.05, 3.63) is 54.1 Å². The average molecular weight is 433 g/mol. The molecule has 1 saturated heterocycles. The number of piperazine rings is 1. The van der Waals surface area contributed by atoms with Crippen molar-refractivity contribution >= 4 is 21.6 Å². The van der Waals surface area contributed by atoms with Crippen LogP contribution >= 0.6 is 0 Å². The molecule has 9 heteroatoms. The first-order valence-electron chi connectivity index (χ1n) is 9.96. The first-order chi connectivity index (χ1) is 14.3. The molecular weight excluding hydrogens is 404 g/mol. The van der Waals surface area contributed by atoms with E-state index >= 15 is 0 Å². The van der Waals surface area contributed by atoms with Gasteiger partial charge in [0.1, 0.15) is 5.75 Å². The Labute approximate surface area is 177 Å². The molecule has 162 valence electrons. The fourth-order valence-electron chi connectivity index (χ4n) is 3.43. The number of aromatic hydroxyl groups is 1. The lowest BCUT2D eigenvalue weighted by Gasteiger charge is -2.36. The number of hydrogen-bond donors (Lipinski definition) is 3. The van der Waals surface area contributed by atoms with Gasteiger partial charge in [-0.05, 0) is 48.4 Å². The maximum Gasteiger partial charge on any atom is 0.238 e. The molecule has 2 aromatic rings. The van der Waals surface area contributed by atoms with Gasteiger partial charge >= 0.3 is 0 Å². The van der Waals surface area contributed by atoms with E-state index in [1.165, 1.54) is 12.1 Å². The maximum absolute atomic E-state index is 12.1. The molecule has 0 aliphatic carbocycles. The summed E-state index contributed by atoms with van der Waals surface area (Å²) in [5.74, 6) is 0.279. The van der Waals surface area contributed by atoms with E-state index in [2.05, 4.69) is 15.1 Å². The molecular formula is C21H28N4O4S. The van der Waals surface area contributed by atoms with E-state index in [9.17, 15) is 18.3 Å². The molecule has 0 bridgehead atoms. The fourth-order valence-corrected chi connectivity index (χ4v) is 3.95. The van der Waals surface area contributed by atoms with Crippen molar-refractivity contribution in [3.63, 3.8) is 0 Å². The number of nitrogens with two attached hydrogens (primary N) is 1. The third-order valence-corrected chi connectivity index (χ3v) is 6.16. The number of phenolic OH excluding ortho intramolecular Hbond substituents is 1. The molecule has 8 nitrogen and oxygen atoms in total. The molecule has 1 aliphatic heterocycles. The van der Waals surface area contributed by atoms with Crippen LogP contribution in [-0.4, -0.2) is 63.6 Å². The predicted octanol–water partition coefficient (Wildman–Crippen LogP) is 0.911. The van der Waals surface area contributed by atoms with Gasteiger partial charge in [0.2, 0.25) is 15.9 Å². The Morgan fingerprint density at radius 1 is 1.00 bits per heavy atom. The van der Waals surface area contributed by atoms with Gasteiger partial charge in [0.25, 0.3) is 0 Å². The number of carbonyl (C=O) groups excluding carboxylic acids is 1. The summed E-state index contributed by atoms with van der Waals surface area (Å²) in [4.78, 5) is 16.8. The van der Waals surface area contributed by atoms with Gasteiger partial charge in [-0.25, -0.2) is 13.6 Å². The van der Waals surface area contributed by atoms with Gasteiger partial charge in [-0.1, -0.05) is 12.1 Å². The smallest absolute Gasteiger partial charge is 0.238 e. The Bertz CT molecular complexity index is 938. The molecule has 30 heavy (non-hydrogen) atoms. The lowest BCUT2D eigenvalue weighted by atomic mass is 10.1. The normalized spacial score (nSPS) is 15.2. The molecule has 0 atom stereocenters. The van der Waals surface area contributed by atoms with Crippen LogP contribution in [0, 0.1) is 0 Å². The first-order valence-corrected chi connectivity index (χ1v) is 11.5. The van der Waals surface area contributed by atoms with E-state index in [0.29, 0.717) is 19.4 Å². The second-order valence-electron chi connectivity index (χ2n) is 7.38. The number of anilines is 1. The maximum atomic E-state index is 12.1. The Balaban J connectivity index is 1.33. The van der Waals surface area contributed by atoms with E-state index < -0.39 is 10.0 Å². The molecule has 2 aromatic carbocycles. The topological polar surface area (TPSA) is 116 Å². The largest absolute Gasteiger partial charge is 0.508 e. The summed E-state index contributed by atoms with van der Waals surface area (Å²) >= 11 is 0. The van der Waals surface area contributed by atoms with Crippen molar-refractivity contribution < 1.29 is 18.3 Å². The van der Waals surface area contributed by atoms with Crippen LogP contribution in [0.25, 0.3) is 0 Å². The summed E-state index contributed by atoms with van der Waals surface area (Å²) in [6, 6.07) is 13.6. The third-order valence-electron chi connectivity index (χ3n) is 5.23. The number of nitrogens with zero attached hydrogens (tertiary/aromatic N) is 2. The molecule has 1 aliphatic rings. The molecule has 0 saturated carbocycles. The third kappa shape index (κ3) is 6.45. The number of nitrogens with one attached hydrogen (secondary N) is 1. The Morgan fingerprint density at radius 3 is 2.23 bits per heavy atom. The Hall–Kier alpha value is -2.62. The van der Waals surface area contributed by atoms with Gasteiger partial charge in [0.15, 0.2) is 0 Å². The van der Waals surface area contributed by atoms with Crippen LogP contribution in [0.2, 0.25) is 0 Å². The van der Waals surface area contributed by atoms with E-state index in [-0.39, 0.29) is 16.6 Å². The van der Waals surface area contributed by atoms with Crippen molar-refractivity contribution in [1.29, 1.82) is 0 Å². The van der Waals surface area contributed by atoms with Crippen LogP contribution in [0.5, 0.6) is 5.75 Å². The van der Waals surface area contributed by atoms with Gasteiger partial charge in [-0.3, -0.25) is 9.69 Å². The number of amides is 1. The lowest BCUT2D eigenvalue weighted by molar-refractivity contribution is -0.121. The number of sulfonamides is 1. The zero-order valence-electron chi connectivity index (χ0n) is 16.8. The summed E-state index contributed by atoms with van der Waals surface area (Å²) in [6.07, 6.45) is 1.07. The number of primary sulfonamides is 1. The van der Waals surface area contributed by atoms with E-state index in [4.69, 9.17) is 5.14 Å². The summed E-state index contributed by atoms with van der Waals surface area (Å²) in [7, 11) is -3.68. The minimum Gasteiger partial charge on any atom is -0.508 e. The summed E-state index contributed by atoms with van der Waals surface area (Å²) in [5.41, 5.74) is 2.04. The number of benzene rings is 2. The zero-order valence-corrected chi connectivity index (χ0v) is 17.6. The van der Waals surface area contributed by atoms with E-state index in [0.717, 1.165) is 44.0 Å². The standard InChI is InChI=1S/C21H28N4O4S/c22-30(28,29)20-7-1-17(2-8-20)9-11-23-21(27)10-12-24-13-15-25(16-14-24)18-3-5-19(26)6-4-18/h1-8,26H,9-16H2,(H,23,27)(H2,22,28,29). The van der Waals surface area contributed by atoms with Crippen molar-refractivity contribution in [1.82, 2.24) is 10.2 Å². The highest BCUT2D eigenvalue weighted by Gasteiger charge is 2.17. The molecule has 3 rings (SSSR count). The summed E-state index contributed by atoms with van der Waals surface area (Å²) < 4.78 is 22.5. The van der Waals surface area contributed by atoms with Gasteiger partial charge in [0.05, 0.1) is 4.90 Å². The van der Waals surface area contributed by atoms with Crippen molar-refractivity contribution in [2.75, 3.05) is 44.2 Å². The average Bonchev–Trinajstić information content (AvgIpc) is 2.73. The van der Waals surface area contributed by atoms with Crippen LogP contribution in [0.4, 0.5) is 5.69 Å². The molecule has 0 radical (unpaired) electrons. The molecule has 0 aromatic heterocycles. The van der Waals surface area contributed by atoms with Gasteiger partial charge < -0.3 is 15.3 Å². The molecule has 1 fully saturated rings. The van der Waals surface area contributed by atoms with Gasteiger partial charge in [-0.2, -0.15) is 0 Å². The SMILES string of the molecule is NS(=O)(=O)c1ccc(CCNC(=O)CCN2CCN(c3ccc(O)cc3)CC2)cc1. The second-order valence-corrected chi connectivity index (χ2v) is 8.95. The quantitative estimate of drug-likeness (QED) is 0.571. The van der Waals surface area contributed by atoms with Crippen LogP contribution in [0.15, 0.2) is 53.4 Å². The number of phenols is 1. The monoisotopic (exact) mass is 432 g/mol. The van der Waals surface area contributed by atoms with Gasteiger partial charge in [0, 0.05) is 51.4 Å². The molecule has 0 unspecified atom stereocenters. The summed E-state index contributed by atoms with van der Waals surface area (Å²) in [5, 5.41) is 17.4. The summed E-state index contributed by atoms with van der Waals surface area (Å²) in [6.45, 7) is 4.79. The molecule has 0 spiro atoms. The van der Waals surface area contributed by atoms with Crippen LogP contribution in [0.1, 0.15) is 12.0 Å². The van der Waals surface area contributed by atoms with Gasteiger partial charge in [-0.15, -0.1) is 0 Å². The van der Waals surface area contributed by atoms with Crippen molar-refractivity contribution in [3.8, 4) is 5.75 Å². The lowest BCUT2D eigenvalue weighted by Crippen LogP contribution is -2.47. The predicted molar refractivity (Wildman–Crippen MR) is 116 cm³/mol. The van der Waals surface area contributed by atoms with Crippen LogP contribution < -0.4 is 15.4 Å². The second kappa shape index (κ2) is 9.92. The Kier molecular flexibility index (Phi) is 7.30. The highest BCUT2D eigenvalue weighted by atomic mass is 32.2. The van der Waals surface area contributed by atoms with Crippen molar-refractivity contribution in [2.24, 2.45) is 5.14 Å². The highest BCUT2D eigenvalue weighted by molar-refractivity contribution is 7.89. The minimum absolute atomic E-state index is 0.0112. The minimum atomic E-state index is -3.68. The zero-order chi connectivity index (χ0) is 21.6. The van der Waals surface area contributed by atoms with E-state index in [1.54, 1.807) is 24.3 Å².